The van der Waals surface area contributed by atoms with Gasteiger partial charge in [0.25, 0.3) is 0 Å². The van der Waals surface area contributed by atoms with Crippen LogP contribution in [0.1, 0.15) is 52.4 Å². The quantitative estimate of drug-likeness (QED) is 0.418. The molecule has 0 saturated heterocycles. The van der Waals surface area contributed by atoms with Crippen LogP contribution >= 0.6 is 0 Å². The molecule has 0 saturated carbocycles. The van der Waals surface area contributed by atoms with Crippen molar-refractivity contribution < 1.29 is 45.9 Å². The molecule has 0 rings (SSSR count). The van der Waals surface area contributed by atoms with Crippen molar-refractivity contribution in [2.24, 2.45) is 0 Å². The maximum Gasteiger partial charge on any atom is 2.00 e. The van der Waals surface area contributed by atoms with Crippen LogP contribution in [0.3, 0.4) is 0 Å². The smallest absolute Gasteiger partial charge is 0.550 e. The Morgan fingerprint density at radius 1 is 0.737 bits per heavy atom. The number of hydrogen-bond acceptors (Lipinski definition) is 6. The molecular weight excluding hydrogens is 299 g/mol. The Balaban J connectivity index is -0.000000256. The number of carboxylic acid groups (broad SMARTS) is 2. The topological polar surface area (TPSA) is 114 Å². The summed E-state index contributed by atoms with van der Waals surface area (Å²) in [6.07, 6.45) is 1.21. The Morgan fingerprint density at radius 2 is 1.00 bits per heavy atom. The Kier molecular flexibility index (Phi) is 17.9. The molecule has 0 bridgehead atoms. The fraction of sp³-hybridized carbons (Fsp3) is 0.667. The first-order valence-electron chi connectivity index (χ1n) is 5.76. The maximum atomic E-state index is 10.4. The Labute approximate surface area is 122 Å². The van der Waals surface area contributed by atoms with Crippen LogP contribution in [0, 0.1) is 0 Å². The number of ketones is 2. The zero-order chi connectivity index (χ0) is 14.6. The van der Waals surface area contributed by atoms with E-state index in [1.54, 1.807) is 0 Å². The van der Waals surface area contributed by atoms with Crippen LogP contribution in [0.15, 0.2) is 0 Å². The van der Waals surface area contributed by atoms with Gasteiger partial charge in [0.2, 0.25) is 0 Å². The molecule has 0 atom stereocenters. The van der Waals surface area contributed by atoms with E-state index in [1.807, 2.05) is 13.8 Å². The van der Waals surface area contributed by atoms with Crippen LogP contribution < -0.4 is 10.2 Å². The summed E-state index contributed by atoms with van der Waals surface area (Å²) in [6, 6.07) is 0. The minimum Gasteiger partial charge on any atom is -0.550 e. The summed E-state index contributed by atoms with van der Waals surface area (Å²) in [6.45, 7) is 3.65. The summed E-state index contributed by atoms with van der Waals surface area (Å²) >= 11 is 0. The molecule has 0 aliphatic rings. The summed E-state index contributed by atoms with van der Waals surface area (Å²) in [5.41, 5.74) is 0. The van der Waals surface area contributed by atoms with E-state index < -0.39 is 24.8 Å². The van der Waals surface area contributed by atoms with E-state index >= 15 is 0 Å². The number of carboxylic acids is 2. The fourth-order valence-electron chi connectivity index (χ4n) is 1.06. The van der Waals surface area contributed by atoms with Crippen molar-refractivity contribution in [3.63, 3.8) is 0 Å². The number of Topliss-reactive ketones (excluding diaryl/α,β-unsaturated/α-hetero) is 2. The minimum absolute atomic E-state index is 0. The molecule has 0 spiro atoms. The van der Waals surface area contributed by atoms with Crippen LogP contribution in [0.2, 0.25) is 0 Å². The molecule has 6 nitrogen and oxygen atoms in total. The van der Waals surface area contributed by atoms with E-state index in [-0.39, 0.29) is 28.1 Å². The average Bonchev–Trinajstić information content (AvgIpc) is 2.16. The molecule has 19 heavy (non-hydrogen) atoms. The summed E-state index contributed by atoms with van der Waals surface area (Å²) < 4.78 is 0. The van der Waals surface area contributed by atoms with Crippen LogP contribution in [-0.2, 0) is 35.7 Å². The van der Waals surface area contributed by atoms with Crippen molar-refractivity contribution >= 4 is 23.5 Å². The Hall–Kier alpha value is -1.23. The second-order valence-electron chi connectivity index (χ2n) is 3.67. The summed E-state index contributed by atoms with van der Waals surface area (Å²) in [5.74, 6) is -3.07. The molecule has 0 radical (unpaired) electrons. The van der Waals surface area contributed by atoms with Crippen molar-refractivity contribution in [1.29, 1.82) is 0 Å². The van der Waals surface area contributed by atoms with E-state index in [2.05, 4.69) is 0 Å². The molecule has 0 fully saturated rings. The van der Waals surface area contributed by atoms with E-state index in [4.69, 9.17) is 0 Å². The molecule has 112 valence electrons. The first-order valence-corrected chi connectivity index (χ1v) is 5.76. The molecule has 0 heterocycles. The standard InChI is InChI=1S/2C6H10O3.Ni/c2*1-2-3-5(7)4-6(8)9;/h2*2-4H2,1H3,(H,8,9);/q;;+2/p-2. The van der Waals surface area contributed by atoms with Crippen molar-refractivity contribution in [3.05, 3.63) is 0 Å². The van der Waals surface area contributed by atoms with Crippen LogP contribution in [0.4, 0.5) is 0 Å². The number of carbonyl (C=O) groups excluding carboxylic acids is 4. The van der Waals surface area contributed by atoms with E-state index in [0.29, 0.717) is 25.7 Å². The predicted molar refractivity (Wildman–Crippen MR) is 59.1 cm³/mol. The molecule has 0 aliphatic heterocycles. The average molecular weight is 317 g/mol. The number of aliphatic carboxylic acids is 2. The van der Waals surface area contributed by atoms with Gasteiger partial charge in [0.05, 0.1) is 0 Å². The molecule has 0 amide bonds. The van der Waals surface area contributed by atoms with Gasteiger partial charge in [-0.05, 0) is 12.8 Å². The van der Waals surface area contributed by atoms with Crippen molar-refractivity contribution in [2.75, 3.05) is 0 Å². The zero-order valence-corrected chi connectivity index (χ0v) is 12.0. The number of hydrogen-bond donors (Lipinski definition) is 0. The predicted octanol–water partition coefficient (Wildman–Crippen LogP) is -1.01. The molecule has 0 aromatic carbocycles. The van der Waals surface area contributed by atoms with Crippen molar-refractivity contribution in [2.45, 2.75) is 52.4 Å². The third kappa shape index (κ3) is 22.4. The molecular formula is C12H18NiO6. The SMILES string of the molecule is CCCC(=O)CC(=O)[O-].CCCC(=O)CC(=O)[O-].[Ni+2]. The Morgan fingerprint density at radius 3 is 1.16 bits per heavy atom. The number of rotatable bonds is 8. The van der Waals surface area contributed by atoms with E-state index in [0.717, 1.165) is 0 Å². The molecule has 0 aromatic heterocycles. The fourth-order valence-corrected chi connectivity index (χ4v) is 1.06. The second-order valence-corrected chi connectivity index (χ2v) is 3.67. The zero-order valence-electron chi connectivity index (χ0n) is 11.0. The van der Waals surface area contributed by atoms with Crippen molar-refractivity contribution in [1.82, 2.24) is 0 Å². The van der Waals surface area contributed by atoms with Crippen LogP contribution in [0.25, 0.3) is 0 Å². The monoisotopic (exact) mass is 316 g/mol. The molecule has 0 aromatic rings. The largest absolute Gasteiger partial charge is 2.00 e. The minimum atomic E-state index is -1.28. The normalized spacial score (nSPS) is 8.53. The van der Waals surface area contributed by atoms with Gasteiger partial charge in [-0.15, -0.1) is 0 Å². The molecule has 7 heteroatoms. The van der Waals surface area contributed by atoms with Crippen LogP contribution in [-0.4, -0.2) is 23.5 Å². The van der Waals surface area contributed by atoms with Gasteiger partial charge in [0.15, 0.2) is 0 Å². The summed E-state index contributed by atoms with van der Waals surface area (Å²) in [4.78, 5) is 40.4. The van der Waals surface area contributed by atoms with Gasteiger partial charge in [0, 0.05) is 37.6 Å². The third-order valence-electron chi connectivity index (χ3n) is 1.74. The van der Waals surface area contributed by atoms with Gasteiger partial charge < -0.3 is 19.8 Å². The summed E-state index contributed by atoms with van der Waals surface area (Å²) in [5, 5.41) is 19.5. The van der Waals surface area contributed by atoms with E-state index in [1.165, 1.54) is 0 Å². The molecule has 0 unspecified atom stereocenters. The molecule has 0 N–H and O–H groups in total. The summed E-state index contributed by atoms with van der Waals surface area (Å²) in [7, 11) is 0. The second kappa shape index (κ2) is 14.8. The van der Waals surface area contributed by atoms with Gasteiger partial charge in [-0.2, -0.15) is 0 Å². The van der Waals surface area contributed by atoms with Gasteiger partial charge in [-0.3, -0.25) is 9.59 Å². The van der Waals surface area contributed by atoms with E-state index in [9.17, 15) is 29.4 Å². The maximum absolute atomic E-state index is 10.4. The van der Waals surface area contributed by atoms with Crippen molar-refractivity contribution in [3.8, 4) is 0 Å². The van der Waals surface area contributed by atoms with Crippen LogP contribution in [0.5, 0.6) is 0 Å². The van der Waals surface area contributed by atoms with Gasteiger partial charge in [-0.25, -0.2) is 0 Å². The third-order valence-corrected chi connectivity index (χ3v) is 1.74. The molecule has 0 aliphatic carbocycles. The van der Waals surface area contributed by atoms with Gasteiger partial charge in [-0.1, -0.05) is 13.8 Å². The number of carbonyl (C=O) groups is 4. The van der Waals surface area contributed by atoms with Gasteiger partial charge in [0.1, 0.15) is 11.6 Å². The Bertz CT molecular complexity index is 271. The first-order chi connectivity index (χ1) is 8.33. The van der Waals surface area contributed by atoms with Gasteiger partial charge >= 0.3 is 16.5 Å². The first kappa shape index (κ1) is 22.9.